The molecule has 4 rings (SSSR count). The average molecular weight is 449 g/mol. The topological polar surface area (TPSA) is 67.6 Å². The largest absolute Gasteiger partial charge is 0.369 e. The molecule has 9 heteroatoms. The number of imidazole rings is 1. The van der Waals surface area contributed by atoms with Gasteiger partial charge < -0.3 is 4.90 Å². The number of anilines is 1. The number of hydrogen-bond donors (Lipinski definition) is 0. The van der Waals surface area contributed by atoms with E-state index >= 15 is 0 Å². The number of benzene rings is 2. The molecular formula is C21H25ClN4O3S. The molecule has 1 aliphatic rings. The summed E-state index contributed by atoms with van der Waals surface area (Å²) in [7, 11) is -0.515. The van der Waals surface area contributed by atoms with Crippen molar-refractivity contribution >= 4 is 38.3 Å². The Morgan fingerprint density at radius 1 is 0.900 bits per heavy atom. The van der Waals surface area contributed by atoms with Gasteiger partial charge in [-0.3, -0.25) is 9.13 Å². The first-order valence-corrected chi connectivity index (χ1v) is 11.6. The Morgan fingerprint density at radius 2 is 1.50 bits per heavy atom. The number of aryl methyl sites for hydroxylation is 4. The van der Waals surface area contributed by atoms with Gasteiger partial charge in [-0.2, -0.15) is 4.31 Å². The van der Waals surface area contributed by atoms with Crippen LogP contribution >= 0.6 is 11.6 Å². The molecule has 0 radical (unpaired) electrons. The van der Waals surface area contributed by atoms with Gasteiger partial charge in [0.2, 0.25) is 10.0 Å². The highest BCUT2D eigenvalue weighted by Gasteiger charge is 2.31. The number of rotatable bonds is 3. The zero-order valence-corrected chi connectivity index (χ0v) is 19.1. The van der Waals surface area contributed by atoms with Crippen LogP contribution in [0, 0.1) is 13.8 Å². The van der Waals surface area contributed by atoms with Crippen LogP contribution in [0.3, 0.4) is 0 Å². The van der Waals surface area contributed by atoms with E-state index in [0.29, 0.717) is 37.2 Å². The van der Waals surface area contributed by atoms with Gasteiger partial charge in [-0.1, -0.05) is 23.7 Å². The summed E-state index contributed by atoms with van der Waals surface area (Å²) in [6.45, 7) is 6.08. The molecule has 2 aromatic carbocycles. The maximum absolute atomic E-state index is 13.3. The van der Waals surface area contributed by atoms with Crippen molar-refractivity contribution in [1.29, 1.82) is 0 Å². The molecule has 30 heavy (non-hydrogen) atoms. The molecule has 1 fully saturated rings. The second-order valence-electron chi connectivity index (χ2n) is 7.85. The minimum atomic E-state index is -3.78. The average Bonchev–Trinajstić information content (AvgIpc) is 2.93. The smallest absolute Gasteiger partial charge is 0.328 e. The van der Waals surface area contributed by atoms with Crippen LogP contribution in [-0.2, 0) is 24.1 Å². The SMILES string of the molecule is Cc1ccc(C)c(N2CCN(S(=O)(=O)c3cc4c(cc3Cl)n(C)c(=O)n4C)CC2)c1. The van der Waals surface area contributed by atoms with Crippen LogP contribution in [0.5, 0.6) is 0 Å². The lowest BCUT2D eigenvalue weighted by Crippen LogP contribution is -2.48. The van der Waals surface area contributed by atoms with Crippen LogP contribution in [0.15, 0.2) is 40.0 Å². The monoisotopic (exact) mass is 448 g/mol. The maximum atomic E-state index is 13.3. The van der Waals surface area contributed by atoms with Crippen molar-refractivity contribution in [3.05, 3.63) is 57.0 Å². The minimum Gasteiger partial charge on any atom is -0.369 e. The van der Waals surface area contributed by atoms with Crippen LogP contribution in [0.4, 0.5) is 5.69 Å². The van der Waals surface area contributed by atoms with E-state index < -0.39 is 10.0 Å². The number of sulfonamides is 1. The molecule has 0 unspecified atom stereocenters. The first-order chi connectivity index (χ1) is 14.1. The summed E-state index contributed by atoms with van der Waals surface area (Å²) in [5.74, 6) is 0. The quantitative estimate of drug-likeness (QED) is 0.617. The summed E-state index contributed by atoms with van der Waals surface area (Å²) < 4.78 is 31.1. The van der Waals surface area contributed by atoms with Gasteiger partial charge in [0, 0.05) is 46.0 Å². The number of nitrogens with zero attached hydrogens (tertiary/aromatic N) is 4. The highest BCUT2D eigenvalue weighted by molar-refractivity contribution is 7.89. The first kappa shape index (κ1) is 21.0. The van der Waals surface area contributed by atoms with Gasteiger partial charge >= 0.3 is 5.69 Å². The Morgan fingerprint density at radius 3 is 2.13 bits per heavy atom. The molecule has 0 saturated carbocycles. The summed E-state index contributed by atoms with van der Waals surface area (Å²) in [5, 5.41) is 0.126. The van der Waals surface area contributed by atoms with Crippen molar-refractivity contribution in [3.8, 4) is 0 Å². The van der Waals surface area contributed by atoms with Gasteiger partial charge in [-0.15, -0.1) is 0 Å². The standard InChI is InChI=1S/C21H25ClN4O3S/c1-14-5-6-15(2)17(11-14)25-7-9-26(10-8-25)30(28,29)20-13-19-18(12-16(20)22)23(3)21(27)24(19)4/h5-6,11-13H,7-10H2,1-4H3. The summed E-state index contributed by atoms with van der Waals surface area (Å²) in [6.07, 6.45) is 0. The molecule has 0 aliphatic carbocycles. The normalized spacial score (nSPS) is 15.8. The maximum Gasteiger partial charge on any atom is 0.328 e. The number of fused-ring (bicyclic) bond motifs is 1. The summed E-state index contributed by atoms with van der Waals surface area (Å²) in [6, 6.07) is 9.37. The third-order valence-corrected chi connectivity index (χ3v) is 8.25. The van der Waals surface area contributed by atoms with Crippen molar-refractivity contribution in [1.82, 2.24) is 13.4 Å². The zero-order chi connectivity index (χ0) is 21.8. The predicted octanol–water partition coefficient (Wildman–Crippen LogP) is 2.66. The van der Waals surface area contributed by atoms with Gasteiger partial charge in [0.25, 0.3) is 0 Å². The number of aromatic nitrogens is 2. The van der Waals surface area contributed by atoms with Crippen molar-refractivity contribution in [2.75, 3.05) is 31.1 Å². The molecule has 0 bridgehead atoms. The highest BCUT2D eigenvalue weighted by atomic mass is 35.5. The molecule has 1 aromatic heterocycles. The fourth-order valence-electron chi connectivity index (χ4n) is 4.07. The second kappa shape index (κ2) is 7.44. The van der Waals surface area contributed by atoms with Crippen molar-refractivity contribution < 1.29 is 8.42 Å². The van der Waals surface area contributed by atoms with Crippen LogP contribution in [0.1, 0.15) is 11.1 Å². The van der Waals surface area contributed by atoms with Crippen LogP contribution in [-0.4, -0.2) is 48.0 Å². The van der Waals surface area contributed by atoms with E-state index in [2.05, 4.69) is 36.9 Å². The van der Waals surface area contributed by atoms with E-state index in [1.54, 1.807) is 20.2 Å². The highest BCUT2D eigenvalue weighted by Crippen LogP contribution is 2.30. The van der Waals surface area contributed by atoms with Gasteiger partial charge in [-0.05, 0) is 43.2 Å². The van der Waals surface area contributed by atoms with Gasteiger partial charge in [0.05, 0.1) is 16.1 Å². The number of hydrogen-bond acceptors (Lipinski definition) is 4. The molecule has 1 saturated heterocycles. The second-order valence-corrected chi connectivity index (χ2v) is 10.2. The molecule has 2 heterocycles. The Labute approximate surface area is 181 Å². The molecule has 160 valence electrons. The zero-order valence-electron chi connectivity index (χ0n) is 17.5. The predicted molar refractivity (Wildman–Crippen MR) is 120 cm³/mol. The summed E-state index contributed by atoms with van der Waals surface area (Å²) >= 11 is 6.36. The van der Waals surface area contributed by atoms with Crippen molar-refractivity contribution in [2.24, 2.45) is 14.1 Å². The first-order valence-electron chi connectivity index (χ1n) is 9.78. The van der Waals surface area contributed by atoms with E-state index in [1.165, 1.54) is 30.6 Å². The Kier molecular flexibility index (Phi) is 5.20. The fourth-order valence-corrected chi connectivity index (χ4v) is 6.01. The Balaban J connectivity index is 1.64. The van der Waals surface area contributed by atoms with E-state index in [-0.39, 0.29) is 15.6 Å². The molecular weight excluding hydrogens is 424 g/mol. The molecule has 0 spiro atoms. The van der Waals surface area contributed by atoms with Crippen molar-refractivity contribution in [2.45, 2.75) is 18.7 Å². The van der Waals surface area contributed by atoms with E-state index in [4.69, 9.17) is 11.6 Å². The van der Waals surface area contributed by atoms with Crippen molar-refractivity contribution in [3.63, 3.8) is 0 Å². The van der Waals surface area contributed by atoms with Gasteiger partial charge in [0.1, 0.15) is 4.90 Å². The van der Waals surface area contributed by atoms with Crippen LogP contribution in [0.25, 0.3) is 11.0 Å². The van der Waals surface area contributed by atoms with Crippen LogP contribution in [0.2, 0.25) is 5.02 Å². The Bertz CT molecular complexity index is 1300. The lowest BCUT2D eigenvalue weighted by atomic mass is 10.1. The third kappa shape index (κ3) is 3.33. The lowest BCUT2D eigenvalue weighted by Gasteiger charge is -2.36. The minimum absolute atomic E-state index is 0.0399. The molecule has 1 aliphatic heterocycles. The fraction of sp³-hybridized carbons (Fsp3) is 0.381. The van der Waals surface area contributed by atoms with Gasteiger partial charge in [-0.25, -0.2) is 13.2 Å². The summed E-state index contributed by atoms with van der Waals surface area (Å²) in [5.41, 5.74) is 4.42. The van der Waals surface area contributed by atoms with E-state index in [1.807, 2.05) is 0 Å². The molecule has 0 N–H and O–H groups in total. The molecule has 7 nitrogen and oxygen atoms in total. The Hall–Kier alpha value is -2.29. The number of piperazine rings is 1. The number of halogens is 1. The third-order valence-electron chi connectivity index (χ3n) is 5.89. The molecule has 0 atom stereocenters. The lowest BCUT2D eigenvalue weighted by molar-refractivity contribution is 0.385. The van der Waals surface area contributed by atoms with Crippen LogP contribution < -0.4 is 10.6 Å². The van der Waals surface area contributed by atoms with Gasteiger partial charge in [0.15, 0.2) is 0 Å². The van der Waals surface area contributed by atoms with E-state index in [0.717, 1.165) is 5.69 Å². The van der Waals surface area contributed by atoms with E-state index in [9.17, 15) is 13.2 Å². The molecule has 0 amide bonds. The molecule has 3 aromatic rings. The summed E-state index contributed by atoms with van der Waals surface area (Å²) in [4.78, 5) is 14.5.